The van der Waals surface area contributed by atoms with Gasteiger partial charge in [0, 0.05) is 25.3 Å². The van der Waals surface area contributed by atoms with Gasteiger partial charge in [-0.3, -0.25) is 4.90 Å². The zero-order valence-corrected chi connectivity index (χ0v) is 12.8. The number of hydrogen-bond acceptors (Lipinski definition) is 4. The molecule has 1 aromatic carbocycles. The van der Waals surface area contributed by atoms with Gasteiger partial charge in [0.05, 0.1) is 19.8 Å². The minimum absolute atomic E-state index is 0.399. The monoisotopic (exact) mass is 281 g/mol. The Bertz CT molecular complexity index is 370. The van der Waals surface area contributed by atoms with Crippen molar-refractivity contribution in [3.63, 3.8) is 0 Å². The van der Waals surface area contributed by atoms with Crippen molar-refractivity contribution >= 4 is 0 Å². The molecule has 0 bridgehead atoms. The largest absolute Gasteiger partial charge is 0.496 e. The molecular formula is C16H27NO3. The molecule has 1 aromatic rings. The predicted octanol–water partition coefficient (Wildman–Crippen LogP) is 2.30. The van der Waals surface area contributed by atoms with Gasteiger partial charge in [-0.25, -0.2) is 0 Å². The van der Waals surface area contributed by atoms with Crippen LogP contribution in [0.15, 0.2) is 24.3 Å². The molecular weight excluding hydrogens is 254 g/mol. The maximum absolute atomic E-state index is 9.93. The van der Waals surface area contributed by atoms with E-state index >= 15 is 0 Å². The molecule has 114 valence electrons. The van der Waals surface area contributed by atoms with E-state index in [4.69, 9.17) is 9.47 Å². The van der Waals surface area contributed by atoms with Gasteiger partial charge in [-0.15, -0.1) is 0 Å². The number of aliphatic hydroxyl groups excluding tert-OH is 1. The number of hydrogen-bond donors (Lipinski definition) is 1. The first-order chi connectivity index (χ1) is 9.67. The number of rotatable bonds is 10. The van der Waals surface area contributed by atoms with Crippen molar-refractivity contribution in [2.24, 2.45) is 0 Å². The minimum Gasteiger partial charge on any atom is -0.496 e. The van der Waals surface area contributed by atoms with Crippen LogP contribution in [-0.2, 0) is 11.3 Å². The highest BCUT2D eigenvalue weighted by molar-refractivity contribution is 5.32. The Morgan fingerprint density at radius 1 is 1.30 bits per heavy atom. The lowest BCUT2D eigenvalue weighted by Gasteiger charge is -2.21. The molecule has 0 aromatic heterocycles. The number of unbranched alkanes of at least 4 members (excludes halogenated alkanes) is 1. The maximum atomic E-state index is 9.93. The van der Waals surface area contributed by atoms with Crippen molar-refractivity contribution in [1.29, 1.82) is 0 Å². The zero-order valence-electron chi connectivity index (χ0n) is 12.8. The van der Waals surface area contributed by atoms with Crippen LogP contribution in [0.4, 0.5) is 0 Å². The Kier molecular flexibility index (Phi) is 8.26. The summed E-state index contributed by atoms with van der Waals surface area (Å²) in [6.45, 7) is 4.58. The molecule has 20 heavy (non-hydrogen) atoms. The average Bonchev–Trinajstić information content (AvgIpc) is 2.44. The second kappa shape index (κ2) is 9.75. The van der Waals surface area contributed by atoms with E-state index < -0.39 is 6.10 Å². The van der Waals surface area contributed by atoms with Crippen molar-refractivity contribution in [1.82, 2.24) is 4.90 Å². The number of methoxy groups -OCH3 is 1. The van der Waals surface area contributed by atoms with Gasteiger partial charge in [-0.05, 0) is 19.5 Å². The summed E-state index contributed by atoms with van der Waals surface area (Å²) in [7, 11) is 3.66. The fourth-order valence-electron chi connectivity index (χ4n) is 2.07. The molecule has 0 aliphatic rings. The highest BCUT2D eigenvalue weighted by Crippen LogP contribution is 2.18. The first kappa shape index (κ1) is 17.0. The van der Waals surface area contributed by atoms with Gasteiger partial charge in [0.25, 0.3) is 0 Å². The summed E-state index contributed by atoms with van der Waals surface area (Å²) in [5.74, 6) is 0.882. The lowest BCUT2D eigenvalue weighted by molar-refractivity contribution is 0.0187. The molecule has 1 N–H and O–H groups in total. The second-order valence-electron chi connectivity index (χ2n) is 5.09. The van der Waals surface area contributed by atoms with E-state index in [-0.39, 0.29) is 0 Å². The van der Waals surface area contributed by atoms with E-state index in [1.807, 2.05) is 31.3 Å². The standard InChI is InChI=1S/C16H27NO3/c1-4-5-10-20-13-15(18)12-17(2)11-14-8-6-7-9-16(14)19-3/h6-9,15,18H,4-5,10-13H2,1-3H3. The van der Waals surface area contributed by atoms with Crippen LogP contribution in [0.5, 0.6) is 5.75 Å². The summed E-state index contributed by atoms with van der Waals surface area (Å²) >= 11 is 0. The first-order valence-electron chi connectivity index (χ1n) is 7.23. The number of nitrogens with zero attached hydrogens (tertiary/aromatic N) is 1. The Hall–Kier alpha value is -1.10. The number of benzene rings is 1. The third-order valence-electron chi connectivity index (χ3n) is 3.11. The second-order valence-corrected chi connectivity index (χ2v) is 5.09. The highest BCUT2D eigenvalue weighted by Gasteiger charge is 2.10. The molecule has 1 atom stereocenters. The minimum atomic E-state index is -0.452. The predicted molar refractivity (Wildman–Crippen MR) is 81.1 cm³/mol. The van der Waals surface area contributed by atoms with Crippen LogP contribution in [0.2, 0.25) is 0 Å². The summed E-state index contributed by atoms with van der Waals surface area (Å²) in [6.07, 6.45) is 1.71. The van der Waals surface area contributed by atoms with Crippen LogP contribution in [0.25, 0.3) is 0 Å². The molecule has 0 radical (unpaired) electrons. The fourth-order valence-corrected chi connectivity index (χ4v) is 2.07. The topological polar surface area (TPSA) is 41.9 Å². The van der Waals surface area contributed by atoms with Gasteiger partial charge in [0.15, 0.2) is 0 Å². The molecule has 0 saturated carbocycles. The molecule has 1 rings (SSSR count). The van der Waals surface area contributed by atoms with E-state index in [1.54, 1.807) is 7.11 Å². The number of ether oxygens (including phenoxy) is 2. The third kappa shape index (κ3) is 6.37. The smallest absolute Gasteiger partial charge is 0.123 e. The van der Waals surface area contributed by atoms with E-state index in [9.17, 15) is 5.11 Å². The fraction of sp³-hybridized carbons (Fsp3) is 0.625. The normalized spacial score (nSPS) is 12.7. The molecule has 4 nitrogen and oxygen atoms in total. The van der Waals surface area contributed by atoms with Gasteiger partial charge >= 0.3 is 0 Å². The Morgan fingerprint density at radius 2 is 2.05 bits per heavy atom. The molecule has 0 amide bonds. The van der Waals surface area contributed by atoms with Crippen LogP contribution >= 0.6 is 0 Å². The number of para-hydroxylation sites is 1. The van der Waals surface area contributed by atoms with Crippen molar-refractivity contribution in [3.05, 3.63) is 29.8 Å². The van der Waals surface area contributed by atoms with Crippen molar-refractivity contribution in [3.8, 4) is 5.75 Å². The van der Waals surface area contributed by atoms with Crippen LogP contribution in [0.3, 0.4) is 0 Å². The molecule has 0 fully saturated rings. The summed E-state index contributed by atoms with van der Waals surface area (Å²) in [5, 5.41) is 9.93. The van der Waals surface area contributed by atoms with Crippen molar-refractivity contribution in [2.45, 2.75) is 32.4 Å². The Balaban J connectivity index is 2.33. The van der Waals surface area contributed by atoms with Crippen molar-refractivity contribution in [2.75, 3.05) is 33.9 Å². The summed E-state index contributed by atoms with van der Waals surface area (Å²) in [5.41, 5.74) is 1.12. The maximum Gasteiger partial charge on any atom is 0.123 e. The van der Waals surface area contributed by atoms with E-state index in [2.05, 4.69) is 11.8 Å². The lowest BCUT2D eigenvalue weighted by atomic mass is 10.2. The summed E-state index contributed by atoms with van der Waals surface area (Å²) in [4.78, 5) is 2.08. The van der Waals surface area contributed by atoms with Crippen molar-refractivity contribution < 1.29 is 14.6 Å². The van der Waals surface area contributed by atoms with Gasteiger partial charge in [0.2, 0.25) is 0 Å². The average molecular weight is 281 g/mol. The van der Waals surface area contributed by atoms with Crippen LogP contribution < -0.4 is 4.74 Å². The molecule has 4 heteroatoms. The van der Waals surface area contributed by atoms with Crippen LogP contribution in [-0.4, -0.2) is 50.0 Å². The highest BCUT2D eigenvalue weighted by atomic mass is 16.5. The molecule has 0 saturated heterocycles. The van der Waals surface area contributed by atoms with Gasteiger partial charge < -0.3 is 14.6 Å². The van der Waals surface area contributed by atoms with Crippen LogP contribution in [0, 0.1) is 0 Å². The molecule has 0 spiro atoms. The SMILES string of the molecule is CCCCOCC(O)CN(C)Cc1ccccc1OC. The van der Waals surface area contributed by atoms with Gasteiger partial charge in [-0.1, -0.05) is 31.5 Å². The molecule has 1 unspecified atom stereocenters. The number of likely N-dealkylation sites (N-methyl/N-ethyl adjacent to an activating group) is 1. The molecule has 0 aliphatic heterocycles. The van der Waals surface area contributed by atoms with E-state index in [0.717, 1.165) is 37.3 Å². The number of aliphatic hydroxyl groups is 1. The summed E-state index contributed by atoms with van der Waals surface area (Å²) < 4.78 is 10.8. The summed E-state index contributed by atoms with van der Waals surface area (Å²) in [6, 6.07) is 7.95. The first-order valence-corrected chi connectivity index (χ1v) is 7.23. The Morgan fingerprint density at radius 3 is 2.75 bits per heavy atom. The zero-order chi connectivity index (χ0) is 14.8. The van der Waals surface area contributed by atoms with Crippen LogP contribution in [0.1, 0.15) is 25.3 Å². The quantitative estimate of drug-likeness (QED) is 0.668. The van der Waals surface area contributed by atoms with E-state index in [1.165, 1.54) is 0 Å². The molecule has 0 heterocycles. The lowest BCUT2D eigenvalue weighted by Crippen LogP contribution is -2.32. The van der Waals surface area contributed by atoms with E-state index in [0.29, 0.717) is 13.2 Å². The Labute approximate surface area is 122 Å². The van der Waals surface area contributed by atoms with Gasteiger partial charge in [-0.2, -0.15) is 0 Å². The third-order valence-corrected chi connectivity index (χ3v) is 3.11. The molecule has 0 aliphatic carbocycles. The van der Waals surface area contributed by atoms with Gasteiger partial charge in [0.1, 0.15) is 5.75 Å².